The first-order valence-electron chi connectivity index (χ1n) is 22.1. The zero-order valence-electron chi connectivity index (χ0n) is 36.2. The van der Waals surface area contributed by atoms with Gasteiger partial charge in [0.2, 0.25) is 0 Å². The van der Waals surface area contributed by atoms with Gasteiger partial charge in [0.05, 0.1) is 32.0 Å². The number of ether oxygens (including phenoxy) is 2. The van der Waals surface area contributed by atoms with Gasteiger partial charge in [0.25, 0.3) is 0 Å². The Morgan fingerprint density at radius 3 is 1.69 bits per heavy atom. The van der Waals surface area contributed by atoms with Crippen LogP contribution in [0.2, 0.25) is 0 Å². The van der Waals surface area contributed by atoms with Gasteiger partial charge in [0.15, 0.2) is 6.10 Å². The van der Waals surface area contributed by atoms with Gasteiger partial charge < -0.3 is 34.8 Å². The van der Waals surface area contributed by atoms with Crippen LogP contribution in [0.5, 0.6) is 0 Å². The fourth-order valence-electron chi connectivity index (χ4n) is 5.51. The molecule has 0 radical (unpaired) electrons. The minimum atomic E-state index is -4.67. The molecule has 0 fully saturated rings. The number of phosphoric ester groups is 1. The lowest BCUT2D eigenvalue weighted by Crippen LogP contribution is -2.29. The van der Waals surface area contributed by atoms with E-state index in [1.807, 2.05) is 6.08 Å². The van der Waals surface area contributed by atoms with Gasteiger partial charge >= 0.3 is 19.8 Å². The van der Waals surface area contributed by atoms with Gasteiger partial charge in [-0.15, -0.1) is 0 Å². The number of esters is 2. The fourth-order valence-corrected chi connectivity index (χ4v) is 6.30. The highest BCUT2D eigenvalue weighted by Crippen LogP contribution is 2.43. The molecular formula is C46H79O12P. The molecule has 0 aromatic heterocycles. The lowest BCUT2D eigenvalue weighted by Gasteiger charge is -2.20. The molecule has 0 rings (SSSR count). The van der Waals surface area contributed by atoms with E-state index in [9.17, 15) is 34.4 Å². The number of carbonyl (C=O) groups excluding carboxylic acids is 2. The topological polar surface area (TPSA) is 189 Å². The number of aliphatic hydroxyl groups is 4. The van der Waals surface area contributed by atoms with Crippen molar-refractivity contribution in [1.29, 1.82) is 0 Å². The molecule has 0 saturated heterocycles. The van der Waals surface area contributed by atoms with Gasteiger partial charge in [0.1, 0.15) is 12.7 Å². The minimum Gasteiger partial charge on any atom is -0.462 e. The van der Waals surface area contributed by atoms with Crippen LogP contribution >= 0.6 is 7.82 Å². The van der Waals surface area contributed by atoms with Gasteiger partial charge in [-0.3, -0.25) is 18.6 Å². The molecule has 0 saturated carbocycles. The number of hydrogen-bond acceptors (Lipinski definition) is 11. The normalized spacial score (nSPS) is 15.6. The predicted octanol–water partition coefficient (Wildman–Crippen LogP) is 9.61. The minimum absolute atomic E-state index is 0.109. The van der Waals surface area contributed by atoms with Gasteiger partial charge in [-0.2, -0.15) is 0 Å². The molecule has 0 spiro atoms. The van der Waals surface area contributed by atoms with Crippen LogP contribution in [-0.4, -0.2) is 88.1 Å². The molecule has 0 heterocycles. The Hall–Kier alpha value is -2.67. The second kappa shape index (κ2) is 40.7. The third-order valence-electron chi connectivity index (χ3n) is 9.05. The van der Waals surface area contributed by atoms with Crippen LogP contribution in [0.4, 0.5) is 0 Å². The van der Waals surface area contributed by atoms with Gasteiger partial charge in [-0.1, -0.05) is 132 Å². The van der Waals surface area contributed by atoms with E-state index in [2.05, 4.69) is 85.2 Å². The van der Waals surface area contributed by atoms with Crippen molar-refractivity contribution in [1.82, 2.24) is 0 Å². The molecule has 0 aliphatic carbocycles. The summed E-state index contributed by atoms with van der Waals surface area (Å²) in [7, 11) is -4.67. The number of rotatable bonds is 40. The molecule has 5 N–H and O–H groups in total. The molecule has 0 aromatic carbocycles. The third kappa shape index (κ3) is 39.2. The number of aliphatic hydroxyl groups excluding tert-OH is 4. The van der Waals surface area contributed by atoms with Crippen LogP contribution in [0.15, 0.2) is 72.9 Å². The van der Waals surface area contributed by atoms with Crippen LogP contribution in [0.1, 0.15) is 155 Å². The smallest absolute Gasteiger partial charge is 0.462 e. The molecule has 13 heteroatoms. The lowest BCUT2D eigenvalue weighted by molar-refractivity contribution is -0.161. The van der Waals surface area contributed by atoms with E-state index in [4.69, 9.17) is 19.1 Å². The first-order chi connectivity index (χ1) is 28.5. The van der Waals surface area contributed by atoms with Crippen molar-refractivity contribution in [3.63, 3.8) is 0 Å². The summed E-state index contributed by atoms with van der Waals surface area (Å²) in [5.74, 6) is -1.08. The van der Waals surface area contributed by atoms with E-state index in [0.29, 0.717) is 25.7 Å². The Morgan fingerprint density at radius 2 is 1.08 bits per heavy atom. The van der Waals surface area contributed by atoms with E-state index in [0.717, 1.165) is 89.9 Å². The molecule has 0 bridgehead atoms. The summed E-state index contributed by atoms with van der Waals surface area (Å²) in [5.41, 5.74) is 0. The van der Waals surface area contributed by atoms with Gasteiger partial charge in [-0.25, -0.2) is 4.57 Å². The number of carbonyl (C=O) groups is 2. The fraction of sp³-hybridized carbons (Fsp3) is 0.696. The highest BCUT2D eigenvalue weighted by Gasteiger charge is 2.27. The van der Waals surface area contributed by atoms with Gasteiger partial charge in [0, 0.05) is 12.8 Å². The largest absolute Gasteiger partial charge is 0.472 e. The van der Waals surface area contributed by atoms with Gasteiger partial charge in [-0.05, 0) is 83.5 Å². The summed E-state index contributed by atoms with van der Waals surface area (Å²) in [6.07, 6.45) is 38.9. The van der Waals surface area contributed by atoms with Crippen molar-refractivity contribution in [3.8, 4) is 0 Å². The maximum absolute atomic E-state index is 12.6. The van der Waals surface area contributed by atoms with Crippen LogP contribution in [0.25, 0.3) is 0 Å². The lowest BCUT2D eigenvalue weighted by atomic mass is 10.0. The number of unbranched alkanes of at least 4 members (excludes halogenated alkanes) is 10. The molecule has 1 unspecified atom stereocenters. The van der Waals surface area contributed by atoms with Crippen LogP contribution in [0, 0.1) is 0 Å². The summed E-state index contributed by atoms with van der Waals surface area (Å²) < 4.78 is 32.6. The molecule has 340 valence electrons. The van der Waals surface area contributed by atoms with Crippen molar-refractivity contribution < 1.29 is 58.0 Å². The number of hydrogen-bond donors (Lipinski definition) is 5. The Kier molecular flexibility index (Phi) is 38.9. The number of allylic oxidation sites excluding steroid dienone is 11. The molecule has 0 amide bonds. The maximum Gasteiger partial charge on any atom is 0.472 e. The monoisotopic (exact) mass is 855 g/mol. The third-order valence-corrected chi connectivity index (χ3v) is 10.00. The van der Waals surface area contributed by atoms with Crippen molar-refractivity contribution in [2.24, 2.45) is 0 Å². The average molecular weight is 855 g/mol. The average Bonchev–Trinajstić information content (AvgIpc) is 3.22. The summed E-state index contributed by atoms with van der Waals surface area (Å²) in [5, 5.41) is 38.8. The van der Waals surface area contributed by atoms with Crippen molar-refractivity contribution in [3.05, 3.63) is 72.9 Å². The van der Waals surface area contributed by atoms with E-state index in [1.165, 1.54) is 12.8 Å². The molecule has 5 atom stereocenters. The van der Waals surface area contributed by atoms with E-state index < -0.39 is 64.0 Å². The quantitative estimate of drug-likeness (QED) is 0.0170. The van der Waals surface area contributed by atoms with E-state index >= 15 is 0 Å². The predicted molar refractivity (Wildman–Crippen MR) is 235 cm³/mol. The first kappa shape index (κ1) is 56.3. The van der Waals surface area contributed by atoms with Crippen molar-refractivity contribution >= 4 is 19.8 Å². The molecular weight excluding hydrogens is 775 g/mol. The summed E-state index contributed by atoms with van der Waals surface area (Å²) in [4.78, 5) is 35.0. The Labute approximate surface area is 355 Å². The molecule has 12 nitrogen and oxygen atoms in total. The van der Waals surface area contributed by atoms with Crippen LogP contribution < -0.4 is 0 Å². The number of phosphoric acid groups is 1. The van der Waals surface area contributed by atoms with Crippen molar-refractivity contribution in [2.75, 3.05) is 26.4 Å². The second-order valence-electron chi connectivity index (χ2n) is 14.6. The summed E-state index contributed by atoms with van der Waals surface area (Å²) >= 11 is 0. The Balaban J connectivity index is 4.48. The highest BCUT2D eigenvalue weighted by atomic mass is 31.2. The maximum atomic E-state index is 12.6. The summed E-state index contributed by atoms with van der Waals surface area (Å²) in [6, 6.07) is 0. The Bertz CT molecular complexity index is 1240. The molecule has 0 aliphatic heterocycles. The zero-order chi connectivity index (χ0) is 43.7. The van der Waals surface area contributed by atoms with Crippen molar-refractivity contribution in [2.45, 2.75) is 180 Å². The molecule has 59 heavy (non-hydrogen) atoms. The SMILES string of the molecule is CC/C=C\C/C=C\C/C=C\C/C=C\C/C=C\CCCCCC(=O)O[C@H](COC(=O)CCCCCCC[C@@H](O)[C@H](O)C/C=C\CCCCC)COP(=O)(O)OC[C@@H](O)CO. The van der Waals surface area contributed by atoms with Crippen LogP contribution in [0.3, 0.4) is 0 Å². The Morgan fingerprint density at radius 1 is 0.576 bits per heavy atom. The summed E-state index contributed by atoms with van der Waals surface area (Å²) in [6.45, 7) is 1.98. The molecule has 0 aliphatic rings. The highest BCUT2D eigenvalue weighted by molar-refractivity contribution is 7.47. The first-order valence-corrected chi connectivity index (χ1v) is 23.6. The zero-order valence-corrected chi connectivity index (χ0v) is 37.1. The van der Waals surface area contributed by atoms with Crippen LogP contribution in [-0.2, 0) is 32.7 Å². The van der Waals surface area contributed by atoms with E-state index in [-0.39, 0.29) is 19.4 Å². The van der Waals surface area contributed by atoms with E-state index in [1.54, 1.807) is 0 Å². The second-order valence-corrected chi connectivity index (χ2v) is 16.1. The molecule has 0 aromatic rings. The standard InChI is InChI=1S/C46H79O12P/c1-3-5-7-9-11-12-13-14-15-16-17-18-19-20-21-22-23-27-32-36-46(52)58-42(40-57-59(53,54)56-38-41(48)37-47)39-55-45(51)35-31-28-24-26-30-34-44(50)43(49)33-29-25-10-8-6-4-2/h5,7,11-12,14-15,17-18,20-21,25,29,41-44,47-50H,3-4,6,8-10,13,16,19,22-24,26-28,30-40H2,1-2H3,(H,53,54)/b7-5-,12-11-,15-14-,18-17-,21-20-,29-25-/t41-,42+,43+,44+/m0/s1.